The van der Waals surface area contributed by atoms with Crippen molar-refractivity contribution in [3.05, 3.63) is 58.1 Å². The Bertz CT molecular complexity index is 629. The molecular formula is C13H8BrF2NO2. The molecule has 0 aromatic heterocycles. The van der Waals surface area contributed by atoms with Crippen molar-refractivity contribution in [3.63, 3.8) is 0 Å². The van der Waals surface area contributed by atoms with Crippen LogP contribution in [0.15, 0.2) is 40.9 Å². The van der Waals surface area contributed by atoms with Gasteiger partial charge >= 0.3 is 5.97 Å². The van der Waals surface area contributed by atoms with E-state index < -0.39 is 17.6 Å². The average Bonchev–Trinajstić information content (AvgIpc) is 2.36. The van der Waals surface area contributed by atoms with Gasteiger partial charge in [0, 0.05) is 11.8 Å². The number of hydrogen-bond donors (Lipinski definition) is 2. The van der Waals surface area contributed by atoms with Crippen molar-refractivity contribution < 1.29 is 18.7 Å². The second-order valence-corrected chi connectivity index (χ2v) is 4.61. The van der Waals surface area contributed by atoms with Crippen LogP contribution in [0.25, 0.3) is 0 Å². The van der Waals surface area contributed by atoms with E-state index in [1.165, 1.54) is 30.3 Å². The van der Waals surface area contributed by atoms with Gasteiger partial charge in [-0.3, -0.25) is 0 Å². The molecule has 0 saturated heterocycles. The van der Waals surface area contributed by atoms with Crippen molar-refractivity contribution in [2.75, 3.05) is 5.32 Å². The number of carboxylic acid groups (broad SMARTS) is 1. The molecule has 0 unspecified atom stereocenters. The first-order valence-corrected chi connectivity index (χ1v) is 6.01. The number of nitrogens with one attached hydrogen (secondary N) is 1. The third-order valence-corrected chi connectivity index (χ3v) is 3.03. The summed E-state index contributed by atoms with van der Waals surface area (Å²) in [5, 5.41) is 11.5. The molecule has 19 heavy (non-hydrogen) atoms. The molecule has 2 aromatic rings. The molecule has 0 atom stereocenters. The van der Waals surface area contributed by atoms with Gasteiger partial charge in [0.2, 0.25) is 0 Å². The highest BCUT2D eigenvalue weighted by molar-refractivity contribution is 9.10. The largest absolute Gasteiger partial charge is 0.478 e. The molecule has 0 aliphatic carbocycles. The highest BCUT2D eigenvalue weighted by Gasteiger charge is 2.09. The monoisotopic (exact) mass is 327 g/mol. The van der Waals surface area contributed by atoms with Gasteiger partial charge in [-0.1, -0.05) is 0 Å². The van der Waals surface area contributed by atoms with E-state index in [9.17, 15) is 13.6 Å². The number of rotatable bonds is 3. The standard InChI is InChI=1S/C13H8BrF2NO2/c14-9-5-12(11(16)6-10(9)15)17-8-3-1-7(2-4-8)13(18)19/h1-6,17H,(H,18,19). The predicted molar refractivity (Wildman–Crippen MR) is 70.7 cm³/mol. The molecule has 98 valence electrons. The Hall–Kier alpha value is -1.95. The quantitative estimate of drug-likeness (QED) is 0.832. The number of benzene rings is 2. The fourth-order valence-electron chi connectivity index (χ4n) is 1.47. The van der Waals surface area contributed by atoms with E-state index in [1.54, 1.807) is 0 Å². The number of halogens is 3. The smallest absolute Gasteiger partial charge is 0.335 e. The summed E-state index contributed by atoms with van der Waals surface area (Å²) in [6.07, 6.45) is 0. The molecule has 2 rings (SSSR count). The van der Waals surface area contributed by atoms with Gasteiger partial charge in [-0.2, -0.15) is 0 Å². The summed E-state index contributed by atoms with van der Waals surface area (Å²) in [4.78, 5) is 10.7. The predicted octanol–water partition coefficient (Wildman–Crippen LogP) is 4.17. The van der Waals surface area contributed by atoms with Crippen molar-refractivity contribution in [3.8, 4) is 0 Å². The number of anilines is 2. The second-order valence-electron chi connectivity index (χ2n) is 3.75. The first-order valence-electron chi connectivity index (χ1n) is 5.22. The van der Waals surface area contributed by atoms with Crippen molar-refractivity contribution >= 4 is 33.3 Å². The van der Waals surface area contributed by atoms with Gasteiger partial charge in [0.1, 0.15) is 11.6 Å². The van der Waals surface area contributed by atoms with E-state index >= 15 is 0 Å². The van der Waals surface area contributed by atoms with Gasteiger partial charge < -0.3 is 10.4 Å². The minimum absolute atomic E-state index is 0.0938. The Morgan fingerprint density at radius 1 is 1.11 bits per heavy atom. The van der Waals surface area contributed by atoms with Crippen LogP contribution < -0.4 is 5.32 Å². The summed E-state index contributed by atoms with van der Waals surface area (Å²) in [6.45, 7) is 0. The van der Waals surface area contributed by atoms with E-state index in [0.29, 0.717) is 5.69 Å². The van der Waals surface area contributed by atoms with Gasteiger partial charge in [0.25, 0.3) is 0 Å². The Kier molecular flexibility index (Phi) is 3.80. The van der Waals surface area contributed by atoms with Crippen LogP contribution in [-0.2, 0) is 0 Å². The third kappa shape index (κ3) is 3.08. The van der Waals surface area contributed by atoms with Crippen LogP contribution in [0.2, 0.25) is 0 Å². The molecule has 0 aliphatic rings. The summed E-state index contributed by atoms with van der Waals surface area (Å²) in [7, 11) is 0. The van der Waals surface area contributed by atoms with Crippen LogP contribution in [0.4, 0.5) is 20.2 Å². The lowest BCUT2D eigenvalue weighted by atomic mass is 10.2. The van der Waals surface area contributed by atoms with Gasteiger partial charge in [-0.05, 0) is 46.3 Å². The zero-order chi connectivity index (χ0) is 14.0. The third-order valence-electron chi connectivity index (χ3n) is 2.42. The minimum atomic E-state index is -1.04. The second kappa shape index (κ2) is 5.36. The molecule has 0 heterocycles. The molecule has 0 saturated carbocycles. The van der Waals surface area contributed by atoms with Crippen molar-refractivity contribution in [1.82, 2.24) is 0 Å². The lowest BCUT2D eigenvalue weighted by Crippen LogP contribution is -1.98. The van der Waals surface area contributed by atoms with Gasteiger partial charge in [-0.25, -0.2) is 13.6 Å². The summed E-state index contributed by atoms with van der Waals surface area (Å²) in [6, 6.07) is 7.82. The van der Waals surface area contributed by atoms with E-state index in [-0.39, 0.29) is 15.7 Å². The Labute approximate surface area is 116 Å². The lowest BCUT2D eigenvalue weighted by Gasteiger charge is -2.09. The highest BCUT2D eigenvalue weighted by atomic mass is 79.9. The maximum atomic E-state index is 13.5. The molecule has 2 aromatic carbocycles. The van der Waals surface area contributed by atoms with Gasteiger partial charge in [-0.15, -0.1) is 0 Å². The molecule has 0 spiro atoms. The van der Waals surface area contributed by atoms with E-state index in [1.807, 2.05) is 0 Å². The summed E-state index contributed by atoms with van der Waals surface area (Å²) in [5.74, 6) is -2.46. The SMILES string of the molecule is O=C(O)c1ccc(Nc2cc(Br)c(F)cc2F)cc1. The number of aromatic carboxylic acids is 1. The normalized spacial score (nSPS) is 10.3. The number of carboxylic acids is 1. The minimum Gasteiger partial charge on any atom is -0.478 e. The van der Waals surface area contributed by atoms with Crippen molar-refractivity contribution in [2.24, 2.45) is 0 Å². The highest BCUT2D eigenvalue weighted by Crippen LogP contribution is 2.26. The van der Waals surface area contributed by atoms with Crippen LogP contribution in [-0.4, -0.2) is 11.1 Å². The summed E-state index contributed by atoms with van der Waals surface area (Å²) in [5.41, 5.74) is 0.727. The number of hydrogen-bond acceptors (Lipinski definition) is 2. The molecule has 6 heteroatoms. The fraction of sp³-hybridized carbons (Fsp3) is 0. The molecule has 0 aliphatic heterocycles. The summed E-state index contributed by atoms with van der Waals surface area (Å²) < 4.78 is 26.7. The van der Waals surface area contributed by atoms with Crippen LogP contribution in [0, 0.1) is 11.6 Å². The molecule has 3 nitrogen and oxygen atoms in total. The van der Waals surface area contributed by atoms with E-state index in [2.05, 4.69) is 21.2 Å². The Balaban J connectivity index is 2.26. The fourth-order valence-corrected chi connectivity index (χ4v) is 1.81. The topological polar surface area (TPSA) is 49.3 Å². The molecular weight excluding hydrogens is 320 g/mol. The lowest BCUT2D eigenvalue weighted by molar-refractivity contribution is 0.0697. The first-order chi connectivity index (χ1) is 8.97. The van der Waals surface area contributed by atoms with Crippen LogP contribution >= 0.6 is 15.9 Å². The molecule has 0 amide bonds. The maximum Gasteiger partial charge on any atom is 0.335 e. The van der Waals surface area contributed by atoms with Crippen molar-refractivity contribution in [1.29, 1.82) is 0 Å². The van der Waals surface area contributed by atoms with E-state index in [0.717, 1.165) is 6.07 Å². The van der Waals surface area contributed by atoms with Gasteiger partial charge in [0.15, 0.2) is 0 Å². The molecule has 0 fully saturated rings. The average molecular weight is 328 g/mol. The zero-order valence-corrected chi connectivity index (χ0v) is 11.0. The molecule has 0 radical (unpaired) electrons. The van der Waals surface area contributed by atoms with Crippen LogP contribution in [0.5, 0.6) is 0 Å². The molecule has 2 N–H and O–H groups in total. The first kappa shape index (κ1) is 13.5. The van der Waals surface area contributed by atoms with Crippen LogP contribution in [0.3, 0.4) is 0 Å². The zero-order valence-electron chi connectivity index (χ0n) is 9.45. The summed E-state index contributed by atoms with van der Waals surface area (Å²) >= 11 is 2.96. The molecule has 0 bridgehead atoms. The van der Waals surface area contributed by atoms with E-state index in [4.69, 9.17) is 5.11 Å². The van der Waals surface area contributed by atoms with Crippen LogP contribution in [0.1, 0.15) is 10.4 Å². The number of carbonyl (C=O) groups is 1. The Morgan fingerprint density at radius 3 is 2.32 bits per heavy atom. The Morgan fingerprint density at radius 2 is 1.74 bits per heavy atom. The van der Waals surface area contributed by atoms with Crippen molar-refractivity contribution in [2.45, 2.75) is 0 Å². The van der Waals surface area contributed by atoms with Gasteiger partial charge in [0.05, 0.1) is 15.7 Å². The maximum absolute atomic E-state index is 13.5.